The van der Waals surface area contributed by atoms with E-state index in [0.717, 1.165) is 16.8 Å². The van der Waals surface area contributed by atoms with E-state index >= 15 is 0 Å². The Balaban J connectivity index is 2.67. The quantitative estimate of drug-likeness (QED) is 0.849. The van der Waals surface area contributed by atoms with Crippen LogP contribution in [0.3, 0.4) is 0 Å². The van der Waals surface area contributed by atoms with E-state index < -0.39 is 0 Å². The van der Waals surface area contributed by atoms with E-state index in [4.69, 9.17) is 14.2 Å². The molecule has 0 spiro atoms. The third-order valence-corrected chi connectivity index (χ3v) is 3.23. The van der Waals surface area contributed by atoms with Crippen molar-refractivity contribution in [2.45, 2.75) is 6.92 Å². The van der Waals surface area contributed by atoms with Crippen LogP contribution < -0.4 is 14.2 Å². The standard InChI is InChI=1S/C14H18N2O3/c1-9-11(8-15-16(9)2)10-6-7-12(17-3)14(19-5)13(10)18-4/h6-8H,1-5H3. The van der Waals surface area contributed by atoms with E-state index in [0.29, 0.717) is 17.2 Å². The summed E-state index contributed by atoms with van der Waals surface area (Å²) in [4.78, 5) is 0. The summed E-state index contributed by atoms with van der Waals surface area (Å²) in [5.41, 5.74) is 3.01. The second-order valence-electron chi connectivity index (χ2n) is 4.15. The zero-order valence-electron chi connectivity index (χ0n) is 11.9. The van der Waals surface area contributed by atoms with Gasteiger partial charge in [0.2, 0.25) is 5.75 Å². The number of aryl methyl sites for hydroxylation is 1. The summed E-state index contributed by atoms with van der Waals surface area (Å²) >= 11 is 0. The summed E-state index contributed by atoms with van der Waals surface area (Å²) in [5, 5.41) is 4.26. The Morgan fingerprint density at radius 3 is 2.11 bits per heavy atom. The minimum absolute atomic E-state index is 0.589. The molecule has 0 aliphatic heterocycles. The SMILES string of the molecule is COc1ccc(-c2cnn(C)c2C)c(OC)c1OC. The molecule has 0 saturated heterocycles. The number of hydrogen-bond donors (Lipinski definition) is 0. The maximum Gasteiger partial charge on any atom is 0.203 e. The summed E-state index contributed by atoms with van der Waals surface area (Å²) in [6.07, 6.45) is 1.82. The Morgan fingerprint density at radius 1 is 0.947 bits per heavy atom. The van der Waals surface area contributed by atoms with Crippen molar-refractivity contribution >= 4 is 0 Å². The second-order valence-corrected chi connectivity index (χ2v) is 4.15. The highest BCUT2D eigenvalue weighted by Gasteiger charge is 2.19. The topological polar surface area (TPSA) is 45.5 Å². The first-order chi connectivity index (χ1) is 9.13. The summed E-state index contributed by atoms with van der Waals surface area (Å²) in [6.45, 7) is 2.01. The Bertz CT molecular complexity index is 591. The number of aromatic nitrogens is 2. The van der Waals surface area contributed by atoms with Crippen LogP contribution >= 0.6 is 0 Å². The minimum atomic E-state index is 0.589. The van der Waals surface area contributed by atoms with Crippen LogP contribution in [0.2, 0.25) is 0 Å². The molecule has 0 aliphatic carbocycles. The molecule has 0 N–H and O–H groups in total. The third-order valence-electron chi connectivity index (χ3n) is 3.23. The normalized spacial score (nSPS) is 10.4. The average Bonchev–Trinajstić information content (AvgIpc) is 2.77. The van der Waals surface area contributed by atoms with E-state index in [1.165, 1.54) is 0 Å². The first kappa shape index (κ1) is 13.3. The van der Waals surface area contributed by atoms with Crippen LogP contribution in [0, 0.1) is 6.92 Å². The predicted octanol–water partition coefficient (Wildman–Crippen LogP) is 2.42. The first-order valence-electron chi connectivity index (χ1n) is 5.92. The number of hydrogen-bond acceptors (Lipinski definition) is 4. The van der Waals surface area contributed by atoms with Gasteiger partial charge in [0.15, 0.2) is 11.5 Å². The molecule has 0 unspecified atom stereocenters. The van der Waals surface area contributed by atoms with E-state index in [2.05, 4.69) is 5.10 Å². The summed E-state index contributed by atoms with van der Waals surface area (Å²) in [7, 11) is 6.73. The zero-order chi connectivity index (χ0) is 14.0. The maximum absolute atomic E-state index is 5.49. The molecule has 5 heteroatoms. The molecule has 102 valence electrons. The van der Waals surface area contributed by atoms with E-state index in [1.807, 2.05) is 37.0 Å². The van der Waals surface area contributed by atoms with Gasteiger partial charge in [-0.15, -0.1) is 0 Å². The molecule has 1 aromatic heterocycles. The molecule has 2 rings (SSSR count). The van der Waals surface area contributed by atoms with Crippen molar-refractivity contribution in [2.75, 3.05) is 21.3 Å². The lowest BCUT2D eigenvalue weighted by Crippen LogP contribution is -1.97. The van der Waals surface area contributed by atoms with Gasteiger partial charge in [0, 0.05) is 23.9 Å². The van der Waals surface area contributed by atoms with Gasteiger partial charge in [0.05, 0.1) is 27.5 Å². The Labute approximate surface area is 112 Å². The smallest absolute Gasteiger partial charge is 0.203 e. The molecule has 1 aromatic carbocycles. The van der Waals surface area contributed by atoms with Crippen molar-refractivity contribution in [3.63, 3.8) is 0 Å². The predicted molar refractivity (Wildman–Crippen MR) is 73.0 cm³/mol. The Morgan fingerprint density at radius 2 is 1.63 bits per heavy atom. The molecule has 5 nitrogen and oxygen atoms in total. The van der Waals surface area contributed by atoms with Gasteiger partial charge >= 0.3 is 0 Å². The molecule has 19 heavy (non-hydrogen) atoms. The van der Waals surface area contributed by atoms with Gasteiger partial charge in [-0.05, 0) is 19.1 Å². The van der Waals surface area contributed by atoms with Crippen LogP contribution in [0.5, 0.6) is 17.2 Å². The van der Waals surface area contributed by atoms with Gasteiger partial charge < -0.3 is 14.2 Å². The number of rotatable bonds is 4. The molecule has 1 heterocycles. The van der Waals surface area contributed by atoms with Gasteiger partial charge in [-0.2, -0.15) is 5.10 Å². The number of benzene rings is 1. The minimum Gasteiger partial charge on any atom is -0.493 e. The van der Waals surface area contributed by atoms with E-state index in [-0.39, 0.29) is 0 Å². The zero-order valence-corrected chi connectivity index (χ0v) is 11.9. The summed E-state index contributed by atoms with van der Waals surface area (Å²) in [6, 6.07) is 3.81. The lowest BCUT2D eigenvalue weighted by molar-refractivity contribution is 0.325. The van der Waals surface area contributed by atoms with Crippen molar-refractivity contribution in [1.29, 1.82) is 0 Å². The summed E-state index contributed by atoms with van der Waals surface area (Å²) < 4.78 is 18.0. The molecule has 0 radical (unpaired) electrons. The maximum atomic E-state index is 5.49. The Kier molecular flexibility index (Phi) is 3.64. The highest BCUT2D eigenvalue weighted by atomic mass is 16.5. The van der Waals surface area contributed by atoms with Crippen molar-refractivity contribution in [3.05, 3.63) is 24.0 Å². The fourth-order valence-corrected chi connectivity index (χ4v) is 2.08. The lowest BCUT2D eigenvalue weighted by Gasteiger charge is -2.15. The van der Waals surface area contributed by atoms with Crippen molar-refractivity contribution in [2.24, 2.45) is 7.05 Å². The van der Waals surface area contributed by atoms with Crippen molar-refractivity contribution in [1.82, 2.24) is 9.78 Å². The number of ether oxygens (including phenoxy) is 3. The van der Waals surface area contributed by atoms with Gasteiger partial charge in [-0.3, -0.25) is 4.68 Å². The molecular weight excluding hydrogens is 244 g/mol. The number of nitrogens with zero attached hydrogens (tertiary/aromatic N) is 2. The fourth-order valence-electron chi connectivity index (χ4n) is 2.08. The van der Waals surface area contributed by atoms with E-state index in [1.54, 1.807) is 21.3 Å². The monoisotopic (exact) mass is 262 g/mol. The molecule has 0 bridgehead atoms. The van der Waals surface area contributed by atoms with Gasteiger partial charge in [-0.1, -0.05) is 0 Å². The average molecular weight is 262 g/mol. The lowest BCUT2D eigenvalue weighted by atomic mass is 10.0. The van der Waals surface area contributed by atoms with Gasteiger partial charge in [-0.25, -0.2) is 0 Å². The summed E-state index contributed by atoms with van der Waals surface area (Å²) in [5.74, 6) is 1.88. The largest absolute Gasteiger partial charge is 0.493 e. The second kappa shape index (κ2) is 5.22. The molecule has 0 aliphatic rings. The molecule has 0 saturated carbocycles. The molecule has 2 aromatic rings. The highest BCUT2D eigenvalue weighted by Crippen LogP contribution is 2.44. The van der Waals surface area contributed by atoms with Crippen LogP contribution in [-0.4, -0.2) is 31.1 Å². The number of methoxy groups -OCH3 is 3. The molecular formula is C14H18N2O3. The van der Waals surface area contributed by atoms with Crippen LogP contribution in [0.1, 0.15) is 5.69 Å². The third kappa shape index (κ3) is 2.12. The molecule has 0 atom stereocenters. The van der Waals surface area contributed by atoms with Gasteiger partial charge in [0.1, 0.15) is 0 Å². The molecule has 0 amide bonds. The van der Waals surface area contributed by atoms with Crippen molar-refractivity contribution < 1.29 is 14.2 Å². The van der Waals surface area contributed by atoms with Crippen LogP contribution in [0.15, 0.2) is 18.3 Å². The van der Waals surface area contributed by atoms with Gasteiger partial charge in [0.25, 0.3) is 0 Å². The van der Waals surface area contributed by atoms with Crippen molar-refractivity contribution in [3.8, 4) is 28.4 Å². The highest BCUT2D eigenvalue weighted by molar-refractivity contribution is 5.77. The molecule has 0 fully saturated rings. The van der Waals surface area contributed by atoms with E-state index in [9.17, 15) is 0 Å². The van der Waals surface area contributed by atoms with Crippen LogP contribution in [-0.2, 0) is 7.05 Å². The van der Waals surface area contributed by atoms with Crippen LogP contribution in [0.4, 0.5) is 0 Å². The van der Waals surface area contributed by atoms with Crippen LogP contribution in [0.25, 0.3) is 11.1 Å². The fraction of sp³-hybridized carbons (Fsp3) is 0.357. The Hall–Kier alpha value is -2.17. The first-order valence-corrected chi connectivity index (χ1v) is 5.92.